The van der Waals surface area contributed by atoms with Gasteiger partial charge in [-0.3, -0.25) is 14.4 Å². The normalized spacial score (nSPS) is 14.4. The van der Waals surface area contributed by atoms with Gasteiger partial charge in [0.05, 0.1) is 26.7 Å². The Morgan fingerprint density at radius 3 is 2.20 bits per heavy atom. The van der Waals surface area contributed by atoms with Crippen LogP contribution in [0.2, 0.25) is 0 Å². The number of hydrogen-bond acceptors (Lipinski definition) is 8. The molecular formula is C37H52N6O7. The van der Waals surface area contributed by atoms with Crippen LogP contribution in [0.3, 0.4) is 0 Å². The molecule has 4 rings (SSSR count). The van der Waals surface area contributed by atoms with Gasteiger partial charge >= 0.3 is 6.09 Å². The fraction of sp³-hybridized carbons (Fsp3) is 0.486. The smallest absolute Gasteiger partial charge is 0.408 e. The van der Waals surface area contributed by atoms with E-state index in [9.17, 15) is 19.2 Å². The summed E-state index contributed by atoms with van der Waals surface area (Å²) in [6, 6.07) is 14.8. The number of imidazole rings is 1. The summed E-state index contributed by atoms with van der Waals surface area (Å²) < 4.78 is 18.1. The van der Waals surface area contributed by atoms with Crippen LogP contribution in [0, 0.1) is 0 Å². The lowest BCUT2D eigenvalue weighted by Gasteiger charge is -2.31. The first-order valence-corrected chi connectivity index (χ1v) is 16.5. The number of anilines is 1. The fourth-order valence-corrected chi connectivity index (χ4v) is 5.28. The van der Waals surface area contributed by atoms with Gasteiger partial charge in [-0.05, 0) is 77.1 Å². The van der Waals surface area contributed by atoms with Crippen LogP contribution in [0.15, 0.2) is 67.1 Å². The molecule has 1 aliphatic heterocycles. The van der Waals surface area contributed by atoms with Crippen LogP contribution in [0.25, 0.3) is 0 Å². The van der Waals surface area contributed by atoms with Crippen LogP contribution < -0.4 is 20.7 Å². The standard InChI is InChI=1S/C36H48N6O7.CH4/c1-35(2,3)49-34(46)40-36(4,5)33(45)38-28(23-48-22-25-13-9-7-10-14-25)31(43)39-29-21-42(24-37-29)30(26-15-17-27(47-6)18-16-26)32(44)41-19-11-8-12-20-41;/h7,9-10,13-18,21,24,28,30H,8,11-12,19-20,22-23H2,1-6H3,(H,38,45)(H,39,43)(H,40,46);1H4/t28-,30?;/m1./s1. The zero-order valence-corrected chi connectivity index (χ0v) is 29.2. The van der Waals surface area contributed by atoms with E-state index in [-0.39, 0.29) is 32.4 Å². The minimum absolute atomic E-state index is 0. The third-order valence-corrected chi connectivity index (χ3v) is 7.88. The summed E-state index contributed by atoms with van der Waals surface area (Å²) in [7, 11) is 1.58. The Kier molecular flexibility index (Phi) is 14.0. The van der Waals surface area contributed by atoms with E-state index in [1.165, 1.54) is 20.2 Å². The number of hydrogen-bond donors (Lipinski definition) is 3. The Morgan fingerprint density at radius 2 is 1.58 bits per heavy atom. The quantitative estimate of drug-likeness (QED) is 0.225. The number of rotatable bonds is 13. The summed E-state index contributed by atoms with van der Waals surface area (Å²) in [6.07, 6.45) is 5.28. The first kappa shape index (κ1) is 39.5. The van der Waals surface area contributed by atoms with Crippen molar-refractivity contribution in [2.45, 2.75) is 91.1 Å². The second kappa shape index (κ2) is 17.7. The Bertz CT molecular complexity index is 1560. The van der Waals surface area contributed by atoms with Crippen LogP contribution in [0.4, 0.5) is 10.6 Å². The Balaban J connectivity index is 0.00000676. The molecular weight excluding hydrogens is 640 g/mol. The molecule has 13 heteroatoms. The average Bonchev–Trinajstić information content (AvgIpc) is 3.51. The van der Waals surface area contributed by atoms with Crippen molar-refractivity contribution in [3.8, 4) is 5.75 Å². The SMILES string of the molecule is C.COc1ccc(C(C(=O)N2CCCCC2)n2cnc(NC(=O)[C@@H](COCc3ccccc3)NC(=O)C(C)(C)NC(=O)OC(C)(C)C)c2)cc1. The first-order valence-electron chi connectivity index (χ1n) is 16.5. The number of likely N-dealkylation sites (tertiary alicyclic amines) is 1. The molecule has 0 spiro atoms. The lowest BCUT2D eigenvalue weighted by atomic mass is 10.0. The zero-order chi connectivity index (χ0) is 35.6. The highest BCUT2D eigenvalue weighted by molar-refractivity contribution is 5.98. The second-order valence-corrected chi connectivity index (χ2v) is 13.5. The van der Waals surface area contributed by atoms with Gasteiger partial charge in [0.1, 0.15) is 29.0 Å². The van der Waals surface area contributed by atoms with E-state index in [1.807, 2.05) is 47.4 Å². The number of nitrogens with one attached hydrogen (secondary N) is 3. The highest BCUT2D eigenvalue weighted by atomic mass is 16.6. The van der Waals surface area contributed by atoms with Gasteiger partial charge in [-0.2, -0.15) is 0 Å². The molecule has 0 aliphatic carbocycles. The summed E-state index contributed by atoms with van der Waals surface area (Å²) >= 11 is 0. The van der Waals surface area contributed by atoms with Gasteiger partial charge in [0.2, 0.25) is 11.8 Å². The van der Waals surface area contributed by atoms with Crippen molar-refractivity contribution in [2.75, 3.05) is 32.1 Å². The topological polar surface area (TPSA) is 153 Å². The van der Waals surface area contributed by atoms with Crippen molar-refractivity contribution in [3.05, 3.63) is 78.2 Å². The molecule has 0 radical (unpaired) electrons. The van der Waals surface area contributed by atoms with Gasteiger partial charge < -0.3 is 39.6 Å². The van der Waals surface area contributed by atoms with Gasteiger partial charge in [0.15, 0.2) is 5.82 Å². The molecule has 2 atom stereocenters. The average molecular weight is 693 g/mol. The second-order valence-electron chi connectivity index (χ2n) is 13.5. The van der Waals surface area contributed by atoms with Crippen LogP contribution in [-0.4, -0.2) is 82.3 Å². The van der Waals surface area contributed by atoms with Gasteiger partial charge in [0, 0.05) is 19.3 Å². The third-order valence-electron chi connectivity index (χ3n) is 7.88. The monoisotopic (exact) mass is 692 g/mol. The van der Waals surface area contributed by atoms with Crippen LogP contribution >= 0.6 is 0 Å². The molecule has 1 fully saturated rings. The lowest BCUT2D eigenvalue weighted by molar-refractivity contribution is -0.134. The summed E-state index contributed by atoms with van der Waals surface area (Å²) in [5, 5.41) is 8.03. The summed E-state index contributed by atoms with van der Waals surface area (Å²) in [5.74, 6) is -0.441. The van der Waals surface area contributed by atoms with Gasteiger partial charge in [-0.1, -0.05) is 49.9 Å². The maximum Gasteiger partial charge on any atom is 0.408 e. The summed E-state index contributed by atoms with van der Waals surface area (Å²) in [4.78, 5) is 59.6. The number of piperidine rings is 1. The van der Waals surface area contributed by atoms with E-state index < -0.39 is 41.1 Å². The summed E-state index contributed by atoms with van der Waals surface area (Å²) in [5.41, 5.74) is -0.562. The molecule has 4 amide bonds. The molecule has 2 heterocycles. The molecule has 3 N–H and O–H groups in total. The van der Waals surface area contributed by atoms with Crippen molar-refractivity contribution in [2.24, 2.45) is 0 Å². The Hall–Kier alpha value is -4.91. The molecule has 3 aromatic rings. The van der Waals surface area contributed by atoms with Crippen molar-refractivity contribution < 1.29 is 33.4 Å². The van der Waals surface area contributed by atoms with Crippen molar-refractivity contribution in [1.29, 1.82) is 0 Å². The van der Waals surface area contributed by atoms with E-state index in [2.05, 4.69) is 20.9 Å². The number of nitrogens with zero attached hydrogens (tertiary/aromatic N) is 3. The molecule has 1 unspecified atom stereocenters. The molecule has 0 bridgehead atoms. The van der Waals surface area contributed by atoms with Crippen LogP contribution in [-0.2, 0) is 30.5 Å². The van der Waals surface area contributed by atoms with E-state index in [1.54, 1.807) is 50.8 Å². The van der Waals surface area contributed by atoms with Crippen LogP contribution in [0.5, 0.6) is 5.75 Å². The van der Waals surface area contributed by atoms with Gasteiger partial charge in [0.25, 0.3) is 5.91 Å². The summed E-state index contributed by atoms with van der Waals surface area (Å²) in [6.45, 7) is 9.55. The maximum absolute atomic E-state index is 13.9. The number of carbonyl (C=O) groups is 4. The number of aromatic nitrogens is 2. The third kappa shape index (κ3) is 11.3. The number of amides is 4. The predicted molar refractivity (Wildman–Crippen MR) is 191 cm³/mol. The number of benzene rings is 2. The largest absolute Gasteiger partial charge is 0.497 e. The molecule has 1 saturated heterocycles. The van der Waals surface area contributed by atoms with E-state index in [4.69, 9.17) is 14.2 Å². The molecule has 50 heavy (non-hydrogen) atoms. The molecule has 13 nitrogen and oxygen atoms in total. The molecule has 0 saturated carbocycles. The minimum Gasteiger partial charge on any atom is -0.497 e. The van der Waals surface area contributed by atoms with E-state index in [0.29, 0.717) is 18.8 Å². The number of ether oxygens (including phenoxy) is 3. The van der Waals surface area contributed by atoms with Gasteiger partial charge in [-0.25, -0.2) is 9.78 Å². The molecule has 1 aromatic heterocycles. The number of alkyl carbamates (subject to hydrolysis) is 1. The molecule has 272 valence electrons. The zero-order valence-electron chi connectivity index (χ0n) is 29.2. The van der Waals surface area contributed by atoms with E-state index >= 15 is 0 Å². The first-order chi connectivity index (χ1) is 23.3. The van der Waals surface area contributed by atoms with Gasteiger partial charge in [-0.15, -0.1) is 0 Å². The van der Waals surface area contributed by atoms with Crippen LogP contribution in [0.1, 0.15) is 78.5 Å². The maximum atomic E-state index is 13.9. The fourth-order valence-electron chi connectivity index (χ4n) is 5.28. The Morgan fingerprint density at radius 1 is 0.920 bits per heavy atom. The van der Waals surface area contributed by atoms with Crippen molar-refractivity contribution >= 4 is 29.6 Å². The van der Waals surface area contributed by atoms with E-state index in [0.717, 1.165) is 30.4 Å². The minimum atomic E-state index is -1.43. The molecule has 1 aliphatic rings. The Labute approximate surface area is 295 Å². The highest BCUT2D eigenvalue weighted by Crippen LogP contribution is 2.26. The number of methoxy groups -OCH3 is 1. The van der Waals surface area contributed by atoms with Crippen molar-refractivity contribution in [1.82, 2.24) is 25.1 Å². The highest BCUT2D eigenvalue weighted by Gasteiger charge is 2.35. The molecule has 2 aromatic carbocycles. The van der Waals surface area contributed by atoms with Crippen molar-refractivity contribution in [3.63, 3.8) is 0 Å². The predicted octanol–water partition coefficient (Wildman–Crippen LogP) is 5.07. The lowest BCUT2D eigenvalue weighted by Crippen LogP contribution is -2.59. The number of carbonyl (C=O) groups excluding carboxylic acids is 4.